The molecule has 0 amide bonds. The highest BCUT2D eigenvalue weighted by Gasteiger charge is 2.48. The number of nitrogens with zero attached hydrogens (tertiary/aromatic N) is 2. The molecule has 0 saturated carbocycles. The van der Waals surface area contributed by atoms with E-state index in [1.54, 1.807) is 0 Å². The van der Waals surface area contributed by atoms with Crippen LogP contribution in [0.3, 0.4) is 0 Å². The summed E-state index contributed by atoms with van der Waals surface area (Å²) in [6.07, 6.45) is 4.60. The van der Waals surface area contributed by atoms with E-state index in [4.69, 9.17) is 0 Å². The first kappa shape index (κ1) is 23.3. The lowest BCUT2D eigenvalue weighted by Gasteiger charge is -2.40. The molecular weight excluding hydrogens is 439 g/mol. The number of benzene rings is 4. The number of anilines is 1. The van der Waals surface area contributed by atoms with Crippen molar-refractivity contribution < 1.29 is 17.3 Å². The van der Waals surface area contributed by atoms with Gasteiger partial charge in [-0.1, -0.05) is 84.9 Å². The average molecular weight is 462 g/mol. The smallest absolute Gasteiger partial charge is 0.418 e. The molecule has 0 aliphatic carbocycles. The Hall–Kier alpha value is -3.84. The lowest BCUT2D eigenvalue weighted by atomic mass is 10.1. The predicted molar refractivity (Wildman–Crippen MR) is 132 cm³/mol. The number of rotatable bonds is 4. The fraction of sp³-hybridized carbons (Fsp3) is 0.0370. The molecule has 4 aromatic rings. The summed E-state index contributed by atoms with van der Waals surface area (Å²) in [7, 11) is -6.00. The molecule has 7 heteroatoms. The van der Waals surface area contributed by atoms with Crippen molar-refractivity contribution in [2.75, 3.05) is 4.90 Å². The zero-order valence-electron chi connectivity index (χ0n) is 18.3. The molecule has 0 radical (unpaired) electrons. The minimum Gasteiger partial charge on any atom is -0.418 e. The van der Waals surface area contributed by atoms with E-state index < -0.39 is 7.25 Å². The van der Waals surface area contributed by atoms with Gasteiger partial charge in [0.25, 0.3) is 0 Å². The van der Waals surface area contributed by atoms with Crippen LogP contribution in [0.15, 0.2) is 134 Å². The van der Waals surface area contributed by atoms with Gasteiger partial charge in [-0.05, 0) is 12.1 Å². The highest BCUT2D eigenvalue weighted by atomic mass is 19.5. The standard InChI is InChI=1S/C27H23N2.BF4/c1-5-13-23(14-6-1)27-28(24-15-7-2-8-16-24)21-22-29(27,25-17-9-3-10-18-25)26-19-11-4-12-20-26;2-1(3,4)5/h1-22,27H;/q+1;-1. The molecule has 0 saturated heterocycles. The summed E-state index contributed by atoms with van der Waals surface area (Å²) in [6.45, 7) is 0. The fourth-order valence-corrected chi connectivity index (χ4v) is 4.34. The van der Waals surface area contributed by atoms with Crippen LogP contribution in [0.1, 0.15) is 11.7 Å². The van der Waals surface area contributed by atoms with Crippen molar-refractivity contribution in [3.63, 3.8) is 0 Å². The largest absolute Gasteiger partial charge is 0.673 e. The van der Waals surface area contributed by atoms with Crippen LogP contribution in [-0.2, 0) is 0 Å². The van der Waals surface area contributed by atoms with Gasteiger partial charge >= 0.3 is 7.25 Å². The summed E-state index contributed by atoms with van der Waals surface area (Å²) in [5.41, 5.74) is 4.93. The number of hydrogen-bond donors (Lipinski definition) is 0. The van der Waals surface area contributed by atoms with Gasteiger partial charge in [-0.25, -0.2) is 4.48 Å². The number of para-hydroxylation sites is 3. The van der Waals surface area contributed by atoms with Gasteiger partial charge in [-0.3, -0.25) is 4.90 Å². The maximum Gasteiger partial charge on any atom is 0.673 e. The van der Waals surface area contributed by atoms with E-state index in [0.29, 0.717) is 4.48 Å². The lowest BCUT2D eigenvalue weighted by Crippen LogP contribution is -2.44. The molecule has 0 spiro atoms. The lowest BCUT2D eigenvalue weighted by molar-refractivity contribution is 0.368. The quantitative estimate of drug-likeness (QED) is 0.168. The minimum absolute atomic E-state index is 0.0587. The Bertz CT molecular complexity index is 1160. The molecule has 34 heavy (non-hydrogen) atoms. The minimum atomic E-state index is -6.00. The van der Waals surface area contributed by atoms with E-state index in [1.165, 1.54) is 22.6 Å². The van der Waals surface area contributed by atoms with Crippen molar-refractivity contribution in [2.24, 2.45) is 0 Å². The van der Waals surface area contributed by atoms with Gasteiger partial charge in [-0.15, -0.1) is 0 Å². The van der Waals surface area contributed by atoms with Gasteiger partial charge in [-0.2, -0.15) is 0 Å². The second-order valence-corrected chi connectivity index (χ2v) is 7.77. The van der Waals surface area contributed by atoms with Gasteiger partial charge in [0, 0.05) is 35.5 Å². The Morgan fingerprint density at radius 1 is 0.559 bits per heavy atom. The number of quaternary nitrogens is 1. The molecule has 0 fully saturated rings. The van der Waals surface area contributed by atoms with Crippen LogP contribution >= 0.6 is 0 Å². The Kier molecular flexibility index (Phi) is 6.84. The highest BCUT2D eigenvalue weighted by Crippen LogP contribution is 2.50. The van der Waals surface area contributed by atoms with Crippen molar-refractivity contribution in [3.8, 4) is 0 Å². The van der Waals surface area contributed by atoms with Gasteiger partial charge in [0.2, 0.25) is 6.17 Å². The first-order valence-electron chi connectivity index (χ1n) is 10.8. The SMILES string of the molecule is C1=C[N+](c2ccccc2)(c2ccccc2)C(c2ccccc2)N1c1ccccc1.F[B-](F)(F)F. The molecule has 0 aromatic heterocycles. The second kappa shape index (κ2) is 9.97. The van der Waals surface area contributed by atoms with E-state index in [2.05, 4.69) is 139 Å². The van der Waals surface area contributed by atoms with E-state index in [-0.39, 0.29) is 6.17 Å². The van der Waals surface area contributed by atoms with Crippen molar-refractivity contribution >= 4 is 24.3 Å². The average Bonchev–Trinajstić information content (AvgIpc) is 3.27. The summed E-state index contributed by atoms with van der Waals surface area (Å²) >= 11 is 0. The Morgan fingerprint density at radius 2 is 0.941 bits per heavy atom. The van der Waals surface area contributed by atoms with Gasteiger partial charge in [0.1, 0.15) is 17.6 Å². The summed E-state index contributed by atoms with van der Waals surface area (Å²) in [5.74, 6) is 0. The van der Waals surface area contributed by atoms with Crippen LogP contribution < -0.4 is 9.38 Å². The third-order valence-electron chi connectivity index (χ3n) is 5.63. The van der Waals surface area contributed by atoms with Crippen molar-refractivity contribution in [3.05, 3.63) is 139 Å². The molecule has 1 heterocycles. The molecule has 0 bridgehead atoms. The molecule has 2 nitrogen and oxygen atoms in total. The molecule has 5 rings (SSSR count). The summed E-state index contributed by atoms with van der Waals surface area (Å²) in [5, 5.41) is 0. The highest BCUT2D eigenvalue weighted by molar-refractivity contribution is 6.50. The first-order chi connectivity index (χ1) is 16.4. The Labute approximate surface area is 196 Å². The number of halogens is 4. The van der Waals surface area contributed by atoms with Crippen LogP contribution in [0, 0.1) is 0 Å². The van der Waals surface area contributed by atoms with Crippen molar-refractivity contribution in [1.82, 2.24) is 4.48 Å². The molecule has 1 aliphatic heterocycles. The Morgan fingerprint density at radius 3 is 1.38 bits per heavy atom. The third kappa shape index (κ3) is 5.05. The summed E-state index contributed by atoms with van der Waals surface area (Å²) in [6, 6.07) is 43.0. The van der Waals surface area contributed by atoms with Crippen LogP contribution in [0.5, 0.6) is 0 Å². The van der Waals surface area contributed by atoms with Crippen LogP contribution in [0.4, 0.5) is 34.3 Å². The topological polar surface area (TPSA) is 3.24 Å². The summed E-state index contributed by atoms with van der Waals surface area (Å²) in [4.78, 5) is 2.38. The van der Waals surface area contributed by atoms with Crippen LogP contribution in [0.2, 0.25) is 0 Å². The molecule has 172 valence electrons. The third-order valence-corrected chi connectivity index (χ3v) is 5.63. The first-order valence-corrected chi connectivity index (χ1v) is 10.8. The monoisotopic (exact) mass is 462 g/mol. The molecule has 4 aromatic carbocycles. The van der Waals surface area contributed by atoms with Crippen LogP contribution in [-0.4, -0.2) is 7.25 Å². The van der Waals surface area contributed by atoms with Gasteiger partial charge < -0.3 is 17.3 Å². The van der Waals surface area contributed by atoms with E-state index in [1.807, 2.05) is 0 Å². The molecular formula is C27H23BF4N2. The fourth-order valence-electron chi connectivity index (χ4n) is 4.34. The molecule has 1 aliphatic rings. The zero-order valence-corrected chi connectivity index (χ0v) is 18.3. The normalized spacial score (nSPS) is 16.6. The van der Waals surface area contributed by atoms with Crippen molar-refractivity contribution in [1.29, 1.82) is 0 Å². The van der Waals surface area contributed by atoms with E-state index >= 15 is 0 Å². The second-order valence-electron chi connectivity index (χ2n) is 7.77. The van der Waals surface area contributed by atoms with Gasteiger partial charge in [0.05, 0.1) is 6.20 Å². The molecule has 1 atom stereocenters. The molecule has 0 N–H and O–H groups in total. The zero-order chi connectivity index (χ0) is 24.0. The van der Waals surface area contributed by atoms with Crippen LogP contribution in [0.25, 0.3) is 0 Å². The maximum absolute atomic E-state index is 9.75. The number of hydrogen-bond acceptors (Lipinski definition) is 1. The van der Waals surface area contributed by atoms with Gasteiger partial charge in [0.15, 0.2) is 0 Å². The predicted octanol–water partition coefficient (Wildman–Crippen LogP) is 8.32. The maximum atomic E-state index is 9.75. The van der Waals surface area contributed by atoms with Crippen molar-refractivity contribution in [2.45, 2.75) is 6.17 Å². The summed E-state index contributed by atoms with van der Waals surface area (Å²) < 4.78 is 39.6. The van der Waals surface area contributed by atoms with E-state index in [9.17, 15) is 17.3 Å². The Balaban J connectivity index is 0.000000499. The molecule has 1 unspecified atom stereocenters. The van der Waals surface area contributed by atoms with E-state index in [0.717, 1.165) is 0 Å².